The molecule has 4 aromatic rings. The molecular formula is C22H20F4N6O4. The number of nitrogens with zero attached hydrogens (tertiary/aromatic N) is 6. The fourth-order valence-corrected chi connectivity index (χ4v) is 3.72. The highest BCUT2D eigenvalue weighted by atomic mass is 19.3. The Kier molecular flexibility index (Phi) is 6.99. The highest BCUT2D eigenvalue weighted by molar-refractivity contribution is 5.97. The molecule has 190 valence electrons. The quantitative estimate of drug-likeness (QED) is 0.247. The molecule has 0 aliphatic rings. The third-order valence-electron chi connectivity index (χ3n) is 5.67. The summed E-state index contributed by atoms with van der Waals surface area (Å²) in [5.41, 5.74) is -1.59. The van der Waals surface area contributed by atoms with Gasteiger partial charge in [-0.15, -0.1) is 10.2 Å². The molecule has 36 heavy (non-hydrogen) atoms. The second kappa shape index (κ2) is 9.99. The van der Waals surface area contributed by atoms with Crippen molar-refractivity contribution in [1.82, 2.24) is 29.6 Å². The summed E-state index contributed by atoms with van der Waals surface area (Å²) < 4.78 is 60.7. The fourth-order valence-electron chi connectivity index (χ4n) is 3.72. The smallest absolute Gasteiger partial charge is 0.350 e. The van der Waals surface area contributed by atoms with Gasteiger partial charge in [-0.3, -0.25) is 9.20 Å². The van der Waals surface area contributed by atoms with E-state index in [0.29, 0.717) is 0 Å². The van der Waals surface area contributed by atoms with Crippen molar-refractivity contribution in [2.24, 2.45) is 0 Å². The van der Waals surface area contributed by atoms with Crippen molar-refractivity contribution in [2.75, 3.05) is 13.2 Å². The Morgan fingerprint density at radius 2 is 1.83 bits per heavy atom. The Morgan fingerprint density at radius 1 is 1.14 bits per heavy atom. The van der Waals surface area contributed by atoms with Gasteiger partial charge in [-0.1, -0.05) is 10.9 Å². The van der Waals surface area contributed by atoms with Gasteiger partial charge in [0.1, 0.15) is 23.9 Å². The van der Waals surface area contributed by atoms with Crippen molar-refractivity contribution < 1.29 is 37.3 Å². The maximum Gasteiger partial charge on any atom is 0.350 e. The van der Waals surface area contributed by atoms with Crippen LogP contribution >= 0.6 is 0 Å². The lowest BCUT2D eigenvalue weighted by atomic mass is 9.82. The number of imidazole rings is 1. The SMILES string of the molecule is Cc1nc2c(OCc3c(F)cccc3F)cccn2c1C(=O)CC(CO)(CO)c1nnn(C(F)F)n1. The zero-order chi connectivity index (χ0) is 26.0. The monoisotopic (exact) mass is 508 g/mol. The van der Waals surface area contributed by atoms with Crippen LogP contribution in [-0.4, -0.2) is 58.8 Å². The molecule has 10 nitrogen and oxygen atoms in total. The number of ether oxygens (including phenoxy) is 1. The first-order valence-corrected chi connectivity index (χ1v) is 10.6. The van der Waals surface area contributed by atoms with E-state index in [4.69, 9.17) is 4.74 Å². The third kappa shape index (κ3) is 4.52. The first-order valence-electron chi connectivity index (χ1n) is 10.6. The number of rotatable bonds is 10. The number of ketones is 1. The van der Waals surface area contributed by atoms with Gasteiger partial charge in [0.2, 0.25) is 0 Å². The van der Waals surface area contributed by atoms with Crippen molar-refractivity contribution in [2.45, 2.75) is 31.9 Å². The van der Waals surface area contributed by atoms with Crippen LogP contribution in [0, 0.1) is 18.6 Å². The van der Waals surface area contributed by atoms with Gasteiger partial charge in [-0.25, -0.2) is 13.8 Å². The van der Waals surface area contributed by atoms with Crippen molar-refractivity contribution in [3.8, 4) is 5.75 Å². The summed E-state index contributed by atoms with van der Waals surface area (Å²) in [6, 6.07) is 6.46. The minimum Gasteiger partial charge on any atom is -0.485 e. The van der Waals surface area contributed by atoms with Crippen LogP contribution in [0.1, 0.15) is 40.5 Å². The number of alkyl halides is 2. The van der Waals surface area contributed by atoms with E-state index in [9.17, 15) is 32.6 Å². The van der Waals surface area contributed by atoms with Gasteiger partial charge in [0.15, 0.2) is 23.0 Å². The van der Waals surface area contributed by atoms with Gasteiger partial charge in [-0.05, 0) is 36.4 Å². The largest absolute Gasteiger partial charge is 0.485 e. The Hall–Kier alpha value is -3.91. The standard InChI is InChI=1S/C22H20F4N6O4/c1-12-18(16(35)8-22(10-33,11-34)20-28-30-32(29-20)21(25)26)31-7-3-6-17(19(31)27-12)36-9-13-14(23)4-2-5-15(13)24/h2-7,21,33-34H,8-11H2,1H3. The highest BCUT2D eigenvalue weighted by Crippen LogP contribution is 2.30. The van der Waals surface area contributed by atoms with E-state index in [1.807, 2.05) is 0 Å². The number of benzene rings is 1. The van der Waals surface area contributed by atoms with E-state index in [0.717, 1.165) is 12.1 Å². The van der Waals surface area contributed by atoms with E-state index in [1.54, 1.807) is 0 Å². The van der Waals surface area contributed by atoms with Gasteiger partial charge in [0, 0.05) is 12.6 Å². The number of tetrazole rings is 1. The molecule has 14 heteroatoms. The topological polar surface area (TPSA) is 128 Å². The number of pyridine rings is 1. The van der Waals surface area contributed by atoms with E-state index in [-0.39, 0.29) is 33.1 Å². The first kappa shape index (κ1) is 25.2. The lowest BCUT2D eigenvalue weighted by molar-refractivity contribution is 0.0379. The summed E-state index contributed by atoms with van der Waals surface area (Å²) in [7, 11) is 0. The van der Waals surface area contributed by atoms with Crippen LogP contribution < -0.4 is 4.74 Å². The number of halogens is 4. The number of aryl methyl sites for hydroxylation is 1. The number of aliphatic hydroxyl groups excluding tert-OH is 2. The number of hydrogen-bond donors (Lipinski definition) is 2. The van der Waals surface area contributed by atoms with Crippen molar-refractivity contribution in [3.63, 3.8) is 0 Å². The molecule has 3 heterocycles. The molecule has 0 fully saturated rings. The average Bonchev–Trinajstić information content (AvgIpc) is 3.47. The molecular weight excluding hydrogens is 488 g/mol. The predicted octanol–water partition coefficient (Wildman–Crippen LogP) is 2.38. The minimum atomic E-state index is -3.10. The summed E-state index contributed by atoms with van der Waals surface area (Å²) in [5.74, 6) is -2.46. The van der Waals surface area contributed by atoms with E-state index in [2.05, 4.69) is 20.4 Å². The normalized spacial score (nSPS) is 12.0. The van der Waals surface area contributed by atoms with Crippen LogP contribution in [0.5, 0.6) is 5.75 Å². The van der Waals surface area contributed by atoms with Gasteiger partial charge in [0.05, 0.1) is 29.9 Å². The van der Waals surface area contributed by atoms with Gasteiger partial charge < -0.3 is 14.9 Å². The summed E-state index contributed by atoms with van der Waals surface area (Å²) >= 11 is 0. The van der Waals surface area contributed by atoms with E-state index in [1.165, 1.54) is 35.7 Å². The maximum absolute atomic E-state index is 14.0. The van der Waals surface area contributed by atoms with E-state index >= 15 is 0 Å². The fraction of sp³-hybridized carbons (Fsp3) is 0.318. The zero-order valence-corrected chi connectivity index (χ0v) is 18.8. The number of Topliss-reactive ketones (excluding diaryl/α,β-unsaturated/α-hetero) is 1. The predicted molar refractivity (Wildman–Crippen MR) is 114 cm³/mol. The molecule has 0 saturated carbocycles. The number of aliphatic hydroxyl groups is 2. The number of carbonyl (C=O) groups is 1. The molecule has 4 rings (SSSR count). The van der Waals surface area contributed by atoms with Gasteiger partial charge in [0.25, 0.3) is 0 Å². The van der Waals surface area contributed by atoms with Crippen molar-refractivity contribution in [3.05, 3.63) is 70.9 Å². The molecule has 0 spiro atoms. The summed E-state index contributed by atoms with van der Waals surface area (Å²) in [4.78, 5) is 17.6. The number of fused-ring (bicyclic) bond motifs is 1. The highest BCUT2D eigenvalue weighted by Gasteiger charge is 2.40. The lowest BCUT2D eigenvalue weighted by Crippen LogP contribution is -2.39. The molecule has 0 atom stereocenters. The van der Waals surface area contributed by atoms with Crippen LogP contribution in [0.3, 0.4) is 0 Å². The van der Waals surface area contributed by atoms with Crippen LogP contribution in [0.15, 0.2) is 36.5 Å². The molecule has 0 amide bonds. The Morgan fingerprint density at radius 3 is 2.44 bits per heavy atom. The van der Waals surface area contributed by atoms with Crippen LogP contribution in [0.25, 0.3) is 5.65 Å². The summed E-state index contributed by atoms with van der Waals surface area (Å²) in [5, 5.41) is 30.1. The first-order chi connectivity index (χ1) is 17.2. The molecule has 0 saturated heterocycles. The minimum absolute atomic E-state index is 0.00136. The number of carbonyl (C=O) groups excluding carboxylic acids is 1. The maximum atomic E-state index is 14.0. The zero-order valence-electron chi connectivity index (χ0n) is 18.8. The van der Waals surface area contributed by atoms with Gasteiger partial charge >= 0.3 is 6.55 Å². The molecule has 1 aromatic carbocycles. The third-order valence-corrected chi connectivity index (χ3v) is 5.67. The molecule has 0 aliphatic heterocycles. The Bertz CT molecular complexity index is 1380. The van der Waals surface area contributed by atoms with Crippen molar-refractivity contribution >= 4 is 11.4 Å². The second-order valence-corrected chi connectivity index (χ2v) is 8.01. The Balaban J connectivity index is 1.65. The summed E-state index contributed by atoms with van der Waals surface area (Å²) in [6.45, 7) is -3.66. The summed E-state index contributed by atoms with van der Waals surface area (Å²) in [6.07, 6.45) is 0.944. The molecule has 3 aromatic heterocycles. The van der Waals surface area contributed by atoms with E-state index < -0.39 is 61.4 Å². The number of aromatic nitrogens is 6. The molecule has 0 aliphatic carbocycles. The Labute approximate surface area is 200 Å². The van der Waals surface area contributed by atoms with Crippen LogP contribution in [0.2, 0.25) is 0 Å². The lowest BCUT2D eigenvalue weighted by Gasteiger charge is -2.25. The molecule has 0 bridgehead atoms. The van der Waals surface area contributed by atoms with Crippen molar-refractivity contribution in [1.29, 1.82) is 0 Å². The second-order valence-electron chi connectivity index (χ2n) is 8.01. The molecule has 2 N–H and O–H groups in total. The molecule has 0 unspecified atom stereocenters. The number of hydrogen-bond acceptors (Lipinski definition) is 8. The van der Waals surface area contributed by atoms with Gasteiger partial charge in [-0.2, -0.15) is 8.78 Å². The van der Waals surface area contributed by atoms with Crippen LogP contribution in [0.4, 0.5) is 17.6 Å². The average molecular weight is 508 g/mol. The van der Waals surface area contributed by atoms with Crippen LogP contribution in [-0.2, 0) is 12.0 Å². The molecule has 0 radical (unpaired) electrons.